The second kappa shape index (κ2) is 8.52. The first-order chi connectivity index (χ1) is 14.4. The molecule has 3 unspecified atom stereocenters. The van der Waals surface area contributed by atoms with Gasteiger partial charge in [-0.2, -0.15) is 0 Å². The molecule has 1 aliphatic carbocycles. The minimum Gasteiger partial charge on any atom is -0.504 e. The number of hydrogen-bond acceptors (Lipinski definition) is 8. The highest BCUT2D eigenvalue weighted by molar-refractivity contribution is 5.81. The summed E-state index contributed by atoms with van der Waals surface area (Å²) in [6.45, 7) is 0. The standard InChI is InChI=1S/C22H24O8/c1-27-17-7-11(5-6-15(17)23)20-13-8-16(24)18(28-2)9-12(13)14(10-19(25)29-3)21(20)22(26)30-4/h5-9,14,20-21,23-24H,10H2,1-4H3. The third kappa shape index (κ3) is 3.60. The van der Waals surface area contributed by atoms with Crippen molar-refractivity contribution in [1.29, 1.82) is 0 Å². The lowest BCUT2D eigenvalue weighted by molar-refractivity contribution is -0.147. The smallest absolute Gasteiger partial charge is 0.310 e. The Morgan fingerprint density at radius 1 is 0.867 bits per heavy atom. The van der Waals surface area contributed by atoms with Gasteiger partial charge in [-0.25, -0.2) is 0 Å². The van der Waals surface area contributed by atoms with Crippen LogP contribution in [0.4, 0.5) is 0 Å². The summed E-state index contributed by atoms with van der Waals surface area (Å²) < 4.78 is 20.3. The maximum Gasteiger partial charge on any atom is 0.310 e. The van der Waals surface area contributed by atoms with Crippen molar-refractivity contribution in [1.82, 2.24) is 0 Å². The van der Waals surface area contributed by atoms with Crippen LogP contribution < -0.4 is 9.47 Å². The first-order valence-electron chi connectivity index (χ1n) is 9.28. The van der Waals surface area contributed by atoms with Crippen molar-refractivity contribution >= 4 is 11.9 Å². The van der Waals surface area contributed by atoms with E-state index in [1.807, 2.05) is 0 Å². The number of methoxy groups -OCH3 is 4. The van der Waals surface area contributed by atoms with E-state index in [4.69, 9.17) is 18.9 Å². The van der Waals surface area contributed by atoms with E-state index < -0.39 is 29.7 Å². The number of hydrogen-bond donors (Lipinski definition) is 2. The van der Waals surface area contributed by atoms with Crippen LogP contribution in [0.5, 0.6) is 23.0 Å². The number of benzene rings is 2. The molecule has 2 aromatic carbocycles. The van der Waals surface area contributed by atoms with Crippen molar-refractivity contribution in [3.63, 3.8) is 0 Å². The molecule has 2 N–H and O–H groups in total. The highest BCUT2D eigenvalue weighted by atomic mass is 16.5. The first-order valence-corrected chi connectivity index (χ1v) is 9.28. The van der Waals surface area contributed by atoms with Gasteiger partial charge in [0.05, 0.1) is 40.8 Å². The molecule has 3 rings (SSSR count). The third-order valence-corrected chi connectivity index (χ3v) is 5.56. The summed E-state index contributed by atoms with van der Waals surface area (Å²) in [6, 6.07) is 7.93. The molecule has 0 aliphatic heterocycles. The minimum atomic E-state index is -0.759. The van der Waals surface area contributed by atoms with Crippen molar-refractivity contribution in [2.24, 2.45) is 5.92 Å². The van der Waals surface area contributed by atoms with Gasteiger partial charge in [0.1, 0.15) is 0 Å². The maximum atomic E-state index is 12.9. The van der Waals surface area contributed by atoms with Crippen LogP contribution in [0.25, 0.3) is 0 Å². The van der Waals surface area contributed by atoms with E-state index in [1.165, 1.54) is 40.6 Å². The number of fused-ring (bicyclic) bond motifs is 1. The molecule has 1 aliphatic rings. The van der Waals surface area contributed by atoms with Gasteiger partial charge in [-0.15, -0.1) is 0 Å². The fraction of sp³-hybridized carbons (Fsp3) is 0.364. The van der Waals surface area contributed by atoms with Crippen LogP contribution in [0.15, 0.2) is 30.3 Å². The molecule has 0 saturated heterocycles. The molecular weight excluding hydrogens is 392 g/mol. The van der Waals surface area contributed by atoms with Crippen molar-refractivity contribution in [3.8, 4) is 23.0 Å². The highest BCUT2D eigenvalue weighted by Crippen LogP contribution is 2.54. The fourth-order valence-corrected chi connectivity index (χ4v) is 4.18. The molecule has 0 saturated carbocycles. The van der Waals surface area contributed by atoms with E-state index >= 15 is 0 Å². The molecule has 0 spiro atoms. The van der Waals surface area contributed by atoms with Gasteiger partial charge in [0, 0.05) is 11.8 Å². The van der Waals surface area contributed by atoms with Gasteiger partial charge >= 0.3 is 11.9 Å². The van der Waals surface area contributed by atoms with Crippen LogP contribution in [-0.4, -0.2) is 50.6 Å². The zero-order chi connectivity index (χ0) is 22.0. The van der Waals surface area contributed by atoms with Crippen LogP contribution in [0, 0.1) is 5.92 Å². The number of aromatic hydroxyl groups is 2. The molecule has 0 aromatic heterocycles. The molecule has 0 radical (unpaired) electrons. The topological polar surface area (TPSA) is 112 Å². The first kappa shape index (κ1) is 21.3. The summed E-state index contributed by atoms with van der Waals surface area (Å²) in [5, 5.41) is 20.4. The molecule has 3 atom stereocenters. The summed E-state index contributed by atoms with van der Waals surface area (Å²) in [7, 11) is 5.42. The van der Waals surface area contributed by atoms with Crippen LogP contribution in [0.1, 0.15) is 34.9 Å². The van der Waals surface area contributed by atoms with Crippen molar-refractivity contribution in [2.45, 2.75) is 18.3 Å². The fourth-order valence-electron chi connectivity index (χ4n) is 4.18. The molecule has 0 fully saturated rings. The number of rotatable bonds is 6. The second-order valence-electron chi connectivity index (χ2n) is 7.00. The number of phenolic OH excluding ortho intramolecular Hbond substituents is 2. The SMILES string of the molecule is COC(=O)CC1c2cc(OC)c(O)cc2C(c2ccc(O)c(OC)c2)C1C(=O)OC. The number of phenols is 2. The lowest BCUT2D eigenvalue weighted by atomic mass is 9.81. The Bertz CT molecular complexity index is 968. The van der Waals surface area contributed by atoms with Gasteiger partial charge in [-0.3, -0.25) is 9.59 Å². The average Bonchev–Trinajstić information content (AvgIpc) is 3.05. The number of carbonyl (C=O) groups is 2. The lowest BCUT2D eigenvalue weighted by Gasteiger charge is -2.23. The van der Waals surface area contributed by atoms with Crippen LogP contribution >= 0.6 is 0 Å². The van der Waals surface area contributed by atoms with Gasteiger partial charge in [0.15, 0.2) is 23.0 Å². The van der Waals surface area contributed by atoms with Gasteiger partial charge < -0.3 is 29.2 Å². The summed E-state index contributed by atoms with van der Waals surface area (Å²) in [4.78, 5) is 25.0. The van der Waals surface area contributed by atoms with E-state index in [0.717, 1.165) is 0 Å². The van der Waals surface area contributed by atoms with Gasteiger partial charge in [0.2, 0.25) is 0 Å². The summed E-state index contributed by atoms with van der Waals surface area (Å²) in [5.74, 6) is -2.50. The zero-order valence-corrected chi connectivity index (χ0v) is 17.2. The van der Waals surface area contributed by atoms with Gasteiger partial charge in [0.25, 0.3) is 0 Å². The van der Waals surface area contributed by atoms with Crippen molar-refractivity contribution in [3.05, 3.63) is 47.0 Å². The molecule has 0 amide bonds. The Morgan fingerprint density at radius 3 is 2.13 bits per heavy atom. The Balaban J connectivity index is 2.25. The molecule has 2 aromatic rings. The van der Waals surface area contributed by atoms with Gasteiger partial charge in [-0.1, -0.05) is 6.07 Å². The maximum absolute atomic E-state index is 12.9. The molecule has 160 valence electrons. The Kier molecular flexibility index (Phi) is 6.05. The Hall–Kier alpha value is -3.42. The normalized spacial score (nSPS) is 19.7. The summed E-state index contributed by atoms with van der Waals surface area (Å²) in [6.07, 6.45) is -0.0527. The van der Waals surface area contributed by atoms with Crippen molar-refractivity contribution in [2.75, 3.05) is 28.4 Å². The lowest BCUT2D eigenvalue weighted by Crippen LogP contribution is -2.26. The van der Waals surface area contributed by atoms with Crippen LogP contribution in [0.2, 0.25) is 0 Å². The van der Waals surface area contributed by atoms with Gasteiger partial charge in [-0.05, 0) is 41.0 Å². The molecule has 0 bridgehead atoms. The largest absolute Gasteiger partial charge is 0.504 e. The van der Waals surface area contributed by atoms with Crippen LogP contribution in [-0.2, 0) is 19.1 Å². The number of carbonyl (C=O) groups excluding carboxylic acids is 2. The molecule has 8 heteroatoms. The molecular formula is C22H24O8. The second-order valence-corrected chi connectivity index (χ2v) is 7.00. The quantitative estimate of drug-likeness (QED) is 0.692. The summed E-state index contributed by atoms with van der Waals surface area (Å²) in [5.41, 5.74) is 2.01. The molecule has 8 nitrogen and oxygen atoms in total. The van der Waals surface area contributed by atoms with E-state index in [9.17, 15) is 19.8 Å². The van der Waals surface area contributed by atoms with Crippen molar-refractivity contribution < 1.29 is 38.7 Å². The molecule has 0 heterocycles. The Labute approximate surface area is 173 Å². The molecule has 30 heavy (non-hydrogen) atoms. The number of ether oxygens (including phenoxy) is 4. The number of esters is 2. The third-order valence-electron chi connectivity index (χ3n) is 5.56. The highest BCUT2D eigenvalue weighted by Gasteiger charge is 2.48. The predicted octanol–water partition coefficient (Wildman–Crippen LogP) is 2.70. The van der Waals surface area contributed by atoms with E-state index in [0.29, 0.717) is 16.7 Å². The zero-order valence-electron chi connectivity index (χ0n) is 17.2. The van der Waals surface area contributed by atoms with Crippen LogP contribution in [0.3, 0.4) is 0 Å². The monoisotopic (exact) mass is 416 g/mol. The van der Waals surface area contributed by atoms with E-state index in [-0.39, 0.29) is 29.4 Å². The minimum absolute atomic E-state index is 0.0437. The average molecular weight is 416 g/mol. The van der Waals surface area contributed by atoms with E-state index in [2.05, 4.69) is 0 Å². The predicted molar refractivity (Wildman–Crippen MR) is 106 cm³/mol. The summed E-state index contributed by atoms with van der Waals surface area (Å²) >= 11 is 0. The van der Waals surface area contributed by atoms with E-state index in [1.54, 1.807) is 18.2 Å². The Morgan fingerprint density at radius 2 is 1.53 bits per heavy atom.